The van der Waals surface area contributed by atoms with Crippen molar-refractivity contribution in [2.75, 3.05) is 11.9 Å². The Hall–Kier alpha value is -2.85. The summed E-state index contributed by atoms with van der Waals surface area (Å²) < 4.78 is 19.5. The molecule has 29 heavy (non-hydrogen) atoms. The largest absolute Gasteiger partial charge is 0.374 e. The summed E-state index contributed by atoms with van der Waals surface area (Å²) in [6.07, 6.45) is -0.811. The Morgan fingerprint density at radius 1 is 1.31 bits per heavy atom. The van der Waals surface area contributed by atoms with Crippen LogP contribution in [0.3, 0.4) is 0 Å². The van der Waals surface area contributed by atoms with E-state index >= 15 is 0 Å². The number of rotatable bonds is 4. The van der Waals surface area contributed by atoms with Crippen molar-refractivity contribution in [1.82, 2.24) is 23.8 Å². The van der Waals surface area contributed by atoms with Gasteiger partial charge in [-0.1, -0.05) is 0 Å². The number of halogens is 1. The highest BCUT2D eigenvalue weighted by molar-refractivity contribution is 7.09. The van der Waals surface area contributed by atoms with Crippen LogP contribution in [0.4, 0.5) is 10.2 Å². The third kappa shape index (κ3) is 3.60. The molecule has 152 valence electrons. The van der Waals surface area contributed by atoms with Crippen LogP contribution >= 0.6 is 11.5 Å². The molecule has 2 atom stereocenters. The first kappa shape index (κ1) is 19.5. The van der Waals surface area contributed by atoms with E-state index in [1.807, 2.05) is 18.4 Å². The molecule has 1 unspecified atom stereocenters. The average molecular weight is 416 g/mol. The van der Waals surface area contributed by atoms with E-state index in [-0.39, 0.29) is 17.8 Å². The average Bonchev–Trinajstić information content (AvgIpc) is 3.26. The maximum Gasteiger partial charge on any atom is 0.254 e. The molecule has 0 saturated carbocycles. The number of aliphatic hydroxyl groups is 1. The molecule has 0 spiro atoms. The molecule has 10 heteroatoms. The molecule has 0 bridgehead atoms. The van der Waals surface area contributed by atoms with Gasteiger partial charge in [-0.05, 0) is 56.6 Å². The van der Waals surface area contributed by atoms with Crippen LogP contribution in [0, 0.1) is 12.7 Å². The van der Waals surface area contributed by atoms with Gasteiger partial charge in [-0.2, -0.15) is 4.37 Å². The summed E-state index contributed by atoms with van der Waals surface area (Å²) in [5.74, 6) is 1.28. The molecule has 3 heterocycles. The summed E-state index contributed by atoms with van der Waals surface area (Å²) in [6.45, 7) is 6.33. The number of aryl methyl sites for hydroxylation is 1. The smallest absolute Gasteiger partial charge is 0.254 e. The number of aromatic nitrogens is 4. The van der Waals surface area contributed by atoms with E-state index in [4.69, 9.17) is 0 Å². The number of amides is 1. The lowest BCUT2D eigenvalue weighted by Crippen LogP contribution is -2.41. The minimum absolute atomic E-state index is 0.179. The zero-order chi connectivity index (χ0) is 20.7. The molecule has 3 aromatic rings. The highest BCUT2D eigenvalue weighted by Crippen LogP contribution is 2.37. The molecule has 1 aliphatic rings. The van der Waals surface area contributed by atoms with Crippen LogP contribution < -0.4 is 5.32 Å². The van der Waals surface area contributed by atoms with Crippen molar-refractivity contribution in [2.24, 2.45) is 0 Å². The van der Waals surface area contributed by atoms with Gasteiger partial charge >= 0.3 is 0 Å². The Kier molecular flexibility index (Phi) is 5.05. The summed E-state index contributed by atoms with van der Waals surface area (Å²) in [5, 5.41) is 13.5. The van der Waals surface area contributed by atoms with E-state index in [1.54, 1.807) is 11.8 Å². The molecule has 0 fully saturated rings. The van der Waals surface area contributed by atoms with Crippen molar-refractivity contribution in [3.05, 3.63) is 47.2 Å². The van der Waals surface area contributed by atoms with Crippen LogP contribution in [0.2, 0.25) is 0 Å². The zero-order valence-electron chi connectivity index (χ0n) is 16.3. The van der Waals surface area contributed by atoms with E-state index in [0.29, 0.717) is 41.1 Å². The summed E-state index contributed by atoms with van der Waals surface area (Å²) in [7, 11) is 0. The number of nitrogens with zero attached hydrogens (tertiary/aromatic N) is 5. The molecule has 0 saturated heterocycles. The Morgan fingerprint density at radius 2 is 2.03 bits per heavy atom. The second-order valence-electron chi connectivity index (χ2n) is 6.97. The minimum Gasteiger partial charge on any atom is -0.374 e. The maximum atomic E-state index is 13.2. The van der Waals surface area contributed by atoms with Gasteiger partial charge in [-0.3, -0.25) is 4.79 Å². The molecule has 1 aromatic carbocycles. The molecule has 4 rings (SSSR count). The molecule has 0 aliphatic carbocycles. The Bertz CT molecular complexity index is 1050. The fourth-order valence-corrected chi connectivity index (χ4v) is 4.22. The fourth-order valence-electron chi connectivity index (χ4n) is 3.56. The molecule has 0 radical (unpaired) electrons. The first-order chi connectivity index (χ1) is 13.8. The maximum absolute atomic E-state index is 13.2. The molecule has 2 N–H and O–H groups in total. The summed E-state index contributed by atoms with van der Waals surface area (Å²) in [4.78, 5) is 23.8. The van der Waals surface area contributed by atoms with E-state index in [1.165, 1.54) is 35.8 Å². The SMILES string of the molecule is Cc1nsc(-c2nc(N[C@@H](C)O)c3n2CCN(C(=O)c2ccc(F)cc2)C3C)n1. The minimum atomic E-state index is -0.811. The molecular formula is C19H21FN6O2S. The van der Waals surface area contributed by atoms with Crippen LogP contribution in [-0.2, 0) is 6.54 Å². The number of benzene rings is 1. The number of carbonyl (C=O) groups is 1. The first-order valence-corrected chi connectivity index (χ1v) is 10.0. The zero-order valence-corrected chi connectivity index (χ0v) is 17.1. The van der Waals surface area contributed by atoms with E-state index in [2.05, 4.69) is 19.7 Å². The van der Waals surface area contributed by atoms with Crippen LogP contribution in [0.15, 0.2) is 24.3 Å². The Morgan fingerprint density at radius 3 is 2.66 bits per heavy atom. The first-order valence-electron chi connectivity index (χ1n) is 9.27. The predicted molar refractivity (Wildman–Crippen MR) is 107 cm³/mol. The van der Waals surface area contributed by atoms with Crippen molar-refractivity contribution < 1.29 is 14.3 Å². The van der Waals surface area contributed by atoms with Gasteiger partial charge in [-0.15, -0.1) is 0 Å². The number of aliphatic hydroxyl groups excluding tert-OH is 1. The van der Waals surface area contributed by atoms with Crippen molar-refractivity contribution >= 4 is 23.3 Å². The van der Waals surface area contributed by atoms with Crippen molar-refractivity contribution in [3.8, 4) is 10.8 Å². The van der Waals surface area contributed by atoms with Gasteiger partial charge in [0.1, 0.15) is 17.9 Å². The van der Waals surface area contributed by atoms with E-state index < -0.39 is 6.23 Å². The molecule has 1 aliphatic heterocycles. The molecule has 8 nitrogen and oxygen atoms in total. The lowest BCUT2D eigenvalue weighted by molar-refractivity contribution is 0.0645. The predicted octanol–water partition coefficient (Wildman–Crippen LogP) is 2.82. The fraction of sp³-hybridized carbons (Fsp3) is 0.368. The number of hydrogen-bond donors (Lipinski definition) is 2. The van der Waals surface area contributed by atoms with Crippen LogP contribution in [0.25, 0.3) is 10.8 Å². The lowest BCUT2D eigenvalue weighted by Gasteiger charge is -2.35. The molecular weight excluding hydrogens is 395 g/mol. The molecule has 1 amide bonds. The standard InChI is InChI=1S/C19H21FN6O2S/c1-10-15-16(22-12(3)27)23-17(18-21-11(2)24-29-18)26(15)9-8-25(10)19(28)13-4-6-14(20)7-5-13/h4-7,10,12,22,27H,8-9H2,1-3H3/t10?,12-/m1/s1. The van der Waals surface area contributed by atoms with Crippen molar-refractivity contribution in [3.63, 3.8) is 0 Å². The highest BCUT2D eigenvalue weighted by atomic mass is 32.1. The summed E-state index contributed by atoms with van der Waals surface area (Å²) in [6, 6.07) is 5.23. The highest BCUT2D eigenvalue weighted by Gasteiger charge is 2.34. The third-order valence-electron chi connectivity index (χ3n) is 4.85. The van der Waals surface area contributed by atoms with Crippen LogP contribution in [0.1, 0.15) is 41.8 Å². The number of carbonyl (C=O) groups excluding carboxylic acids is 1. The van der Waals surface area contributed by atoms with Gasteiger partial charge < -0.3 is 19.9 Å². The van der Waals surface area contributed by atoms with Crippen LogP contribution in [-0.4, -0.2) is 47.6 Å². The van der Waals surface area contributed by atoms with Gasteiger partial charge in [-0.25, -0.2) is 14.4 Å². The summed E-state index contributed by atoms with van der Waals surface area (Å²) in [5.41, 5.74) is 1.21. The van der Waals surface area contributed by atoms with E-state index in [0.717, 1.165) is 5.69 Å². The quantitative estimate of drug-likeness (QED) is 0.635. The van der Waals surface area contributed by atoms with Crippen molar-refractivity contribution in [2.45, 2.75) is 39.6 Å². The Labute approximate surface area is 171 Å². The second kappa shape index (κ2) is 7.53. The van der Waals surface area contributed by atoms with E-state index in [9.17, 15) is 14.3 Å². The lowest BCUT2D eigenvalue weighted by atomic mass is 10.1. The van der Waals surface area contributed by atoms with Crippen molar-refractivity contribution in [1.29, 1.82) is 0 Å². The Balaban J connectivity index is 1.73. The third-order valence-corrected chi connectivity index (χ3v) is 5.65. The second-order valence-corrected chi connectivity index (χ2v) is 7.72. The number of hydrogen-bond acceptors (Lipinski definition) is 7. The van der Waals surface area contributed by atoms with Gasteiger partial charge in [0.25, 0.3) is 5.91 Å². The normalized spacial score (nSPS) is 17.1. The van der Waals surface area contributed by atoms with Gasteiger partial charge in [0, 0.05) is 18.7 Å². The number of anilines is 1. The number of fused-ring (bicyclic) bond motifs is 1. The topological polar surface area (TPSA) is 96.2 Å². The van der Waals surface area contributed by atoms with Crippen LogP contribution in [0.5, 0.6) is 0 Å². The monoisotopic (exact) mass is 416 g/mol. The number of nitrogens with one attached hydrogen (secondary N) is 1. The number of imidazole rings is 1. The van der Waals surface area contributed by atoms with Gasteiger partial charge in [0.15, 0.2) is 16.6 Å². The molecule has 2 aromatic heterocycles. The van der Waals surface area contributed by atoms with Gasteiger partial charge in [0.2, 0.25) is 0 Å². The summed E-state index contributed by atoms with van der Waals surface area (Å²) >= 11 is 1.26. The van der Waals surface area contributed by atoms with Gasteiger partial charge in [0.05, 0.1) is 11.7 Å².